The molecule has 4 N–H and O–H groups in total. The molecule has 32 heavy (non-hydrogen) atoms. The number of carbonyl (C=O) groups is 1. The van der Waals surface area contributed by atoms with Crippen molar-refractivity contribution in [1.82, 2.24) is 0 Å². The van der Waals surface area contributed by atoms with E-state index in [0.717, 1.165) is 37.3 Å². The van der Waals surface area contributed by atoms with Crippen LogP contribution in [0.2, 0.25) is 0 Å². The van der Waals surface area contributed by atoms with E-state index in [4.69, 9.17) is 11.6 Å². The molecule has 0 heterocycles. The average molecular weight is 444 g/mol. The Hall–Kier alpha value is -1.62. The second-order valence-electron chi connectivity index (χ2n) is 11.0. The van der Waals surface area contributed by atoms with Gasteiger partial charge in [-0.2, -0.15) is 0 Å². The summed E-state index contributed by atoms with van der Waals surface area (Å²) in [5.41, 5.74) is 7.47. The standard InChI is InChI=1S/C27H42FN3O/c1-3-6-19-18(14-16-28)9-10-21-20(19)13-15-27(2)22(21)11-12-23(27)26(32)17-31(30)25-8-5-4-7-24(25)29/h4-5,7-8,18-23H,3,6,9-17,29-30H2,1-2H3. The Balaban J connectivity index is 1.47. The van der Waals surface area contributed by atoms with Gasteiger partial charge in [0.2, 0.25) is 0 Å². The molecule has 4 rings (SSSR count). The van der Waals surface area contributed by atoms with Crippen LogP contribution in [0.4, 0.5) is 15.8 Å². The molecule has 7 atom stereocenters. The van der Waals surface area contributed by atoms with Crippen molar-refractivity contribution < 1.29 is 9.18 Å². The Bertz CT molecular complexity index is 801. The van der Waals surface area contributed by atoms with Crippen LogP contribution in [-0.2, 0) is 4.79 Å². The highest BCUT2D eigenvalue weighted by molar-refractivity contribution is 5.87. The number of hydrogen-bond acceptors (Lipinski definition) is 4. The highest BCUT2D eigenvalue weighted by Gasteiger charge is 2.57. The molecule has 3 fully saturated rings. The van der Waals surface area contributed by atoms with E-state index in [1.54, 1.807) is 0 Å². The Labute approximate surface area is 193 Å². The van der Waals surface area contributed by atoms with Crippen LogP contribution in [0.25, 0.3) is 0 Å². The third kappa shape index (κ3) is 4.18. The lowest BCUT2D eigenvalue weighted by atomic mass is 9.50. The van der Waals surface area contributed by atoms with E-state index < -0.39 is 0 Å². The smallest absolute Gasteiger partial charge is 0.157 e. The minimum absolute atomic E-state index is 0.0744. The Morgan fingerprint density at radius 1 is 1.12 bits per heavy atom. The zero-order valence-corrected chi connectivity index (χ0v) is 19.9. The Kier molecular flexibility index (Phi) is 7.14. The van der Waals surface area contributed by atoms with Crippen LogP contribution in [0, 0.1) is 40.9 Å². The summed E-state index contributed by atoms with van der Waals surface area (Å²) in [6.45, 7) is 4.68. The number of nitrogens with two attached hydrogens (primary N) is 2. The fourth-order valence-corrected chi connectivity index (χ4v) is 8.16. The number of Topliss-reactive ketones (excluding diaryl/α,β-unsaturated/α-hetero) is 1. The molecule has 0 saturated heterocycles. The molecular formula is C27H42FN3O. The topological polar surface area (TPSA) is 72.3 Å². The average Bonchev–Trinajstić information content (AvgIpc) is 3.13. The highest BCUT2D eigenvalue weighted by atomic mass is 19.1. The van der Waals surface area contributed by atoms with Gasteiger partial charge >= 0.3 is 0 Å². The number of benzene rings is 1. The minimum atomic E-state index is -0.179. The van der Waals surface area contributed by atoms with E-state index >= 15 is 0 Å². The number of rotatable bonds is 8. The van der Waals surface area contributed by atoms with Crippen molar-refractivity contribution in [3.8, 4) is 0 Å². The van der Waals surface area contributed by atoms with Crippen LogP contribution in [-0.4, -0.2) is 19.0 Å². The molecular weight excluding hydrogens is 401 g/mol. The number of nitrogens with zero attached hydrogens (tertiary/aromatic N) is 1. The van der Waals surface area contributed by atoms with E-state index in [1.165, 1.54) is 37.1 Å². The molecule has 3 aliphatic carbocycles. The normalized spacial score (nSPS) is 36.4. The number of alkyl halides is 1. The van der Waals surface area contributed by atoms with Gasteiger partial charge in [-0.25, -0.2) is 5.84 Å². The first-order chi connectivity index (χ1) is 15.4. The van der Waals surface area contributed by atoms with E-state index in [0.29, 0.717) is 29.4 Å². The van der Waals surface area contributed by atoms with Crippen LogP contribution >= 0.6 is 0 Å². The molecule has 5 heteroatoms. The van der Waals surface area contributed by atoms with Gasteiger partial charge in [0, 0.05) is 5.92 Å². The van der Waals surface area contributed by atoms with Gasteiger partial charge in [0.25, 0.3) is 0 Å². The predicted octanol–water partition coefficient (Wildman–Crippen LogP) is 5.76. The highest BCUT2D eigenvalue weighted by Crippen LogP contribution is 2.63. The number of fused-ring (bicyclic) bond motifs is 3. The van der Waals surface area contributed by atoms with Crippen LogP contribution in [0.3, 0.4) is 0 Å². The first-order valence-corrected chi connectivity index (χ1v) is 12.9. The summed E-state index contributed by atoms with van der Waals surface area (Å²) in [6.07, 6.45) is 10.0. The molecule has 1 aromatic rings. The van der Waals surface area contributed by atoms with Crippen molar-refractivity contribution in [3.05, 3.63) is 24.3 Å². The third-order valence-electron chi connectivity index (χ3n) is 9.58. The van der Waals surface area contributed by atoms with Crippen LogP contribution < -0.4 is 16.6 Å². The maximum absolute atomic E-state index is 13.5. The predicted molar refractivity (Wildman–Crippen MR) is 130 cm³/mol. The molecule has 4 nitrogen and oxygen atoms in total. The first kappa shape index (κ1) is 23.5. The Morgan fingerprint density at radius 2 is 1.91 bits per heavy atom. The van der Waals surface area contributed by atoms with Crippen LogP contribution in [0.5, 0.6) is 0 Å². The molecule has 0 amide bonds. The summed E-state index contributed by atoms with van der Waals surface area (Å²) in [5.74, 6) is 9.91. The van der Waals surface area contributed by atoms with Crippen molar-refractivity contribution in [2.24, 2.45) is 46.8 Å². The molecule has 0 aliphatic heterocycles. The SMILES string of the molecule is CCCC1C(CCF)CCC2C1CCC1(C)C(C(=O)CN(N)c3ccccc3N)CCC21. The molecule has 1 aromatic carbocycles. The lowest BCUT2D eigenvalue weighted by Gasteiger charge is -2.54. The third-order valence-corrected chi connectivity index (χ3v) is 9.58. The molecule has 0 spiro atoms. The fraction of sp³-hybridized carbons (Fsp3) is 0.741. The maximum Gasteiger partial charge on any atom is 0.157 e. The molecule has 0 aromatic heterocycles. The second-order valence-corrected chi connectivity index (χ2v) is 11.0. The summed E-state index contributed by atoms with van der Waals surface area (Å²) in [5, 5.41) is 1.53. The van der Waals surface area contributed by atoms with Crippen molar-refractivity contribution in [3.63, 3.8) is 0 Å². The summed E-state index contributed by atoms with van der Waals surface area (Å²) >= 11 is 0. The monoisotopic (exact) mass is 443 g/mol. The Morgan fingerprint density at radius 3 is 2.62 bits per heavy atom. The van der Waals surface area contributed by atoms with Crippen molar-refractivity contribution in [2.75, 3.05) is 24.0 Å². The molecule has 3 aliphatic rings. The number of halogens is 1. The van der Waals surface area contributed by atoms with Crippen LogP contribution in [0.15, 0.2) is 24.3 Å². The van der Waals surface area contributed by atoms with Crippen molar-refractivity contribution in [1.29, 1.82) is 0 Å². The number of carbonyl (C=O) groups excluding carboxylic acids is 1. The maximum atomic E-state index is 13.5. The van der Waals surface area contributed by atoms with Gasteiger partial charge in [0.15, 0.2) is 5.78 Å². The van der Waals surface area contributed by atoms with E-state index in [-0.39, 0.29) is 30.3 Å². The number of anilines is 2. The van der Waals surface area contributed by atoms with Gasteiger partial charge in [-0.1, -0.05) is 38.8 Å². The zero-order valence-electron chi connectivity index (χ0n) is 19.9. The number of hydrogen-bond donors (Lipinski definition) is 2. The van der Waals surface area contributed by atoms with E-state index in [9.17, 15) is 9.18 Å². The molecule has 178 valence electrons. The fourth-order valence-electron chi connectivity index (χ4n) is 8.16. The number of para-hydroxylation sites is 2. The number of ketones is 1. The van der Waals surface area contributed by atoms with Crippen molar-refractivity contribution in [2.45, 2.75) is 71.6 Å². The summed E-state index contributed by atoms with van der Waals surface area (Å²) in [6, 6.07) is 7.47. The zero-order chi connectivity index (χ0) is 22.9. The first-order valence-electron chi connectivity index (χ1n) is 12.9. The van der Waals surface area contributed by atoms with Gasteiger partial charge in [-0.15, -0.1) is 0 Å². The molecule has 3 saturated carbocycles. The largest absolute Gasteiger partial charge is 0.397 e. The summed E-state index contributed by atoms with van der Waals surface area (Å²) < 4.78 is 13.2. The summed E-state index contributed by atoms with van der Waals surface area (Å²) in [7, 11) is 0. The van der Waals surface area contributed by atoms with Crippen molar-refractivity contribution >= 4 is 17.2 Å². The van der Waals surface area contributed by atoms with Gasteiger partial charge < -0.3 is 10.7 Å². The molecule has 0 bridgehead atoms. The van der Waals surface area contributed by atoms with E-state index in [1.807, 2.05) is 24.3 Å². The lowest BCUT2D eigenvalue weighted by Crippen LogP contribution is -2.49. The van der Waals surface area contributed by atoms with Crippen LogP contribution in [0.1, 0.15) is 71.6 Å². The van der Waals surface area contributed by atoms with E-state index in [2.05, 4.69) is 13.8 Å². The minimum Gasteiger partial charge on any atom is -0.397 e. The number of nitrogen functional groups attached to an aromatic ring is 1. The molecule has 0 radical (unpaired) electrons. The molecule has 7 unspecified atom stereocenters. The van der Waals surface area contributed by atoms with Gasteiger partial charge in [0.1, 0.15) is 0 Å². The summed E-state index contributed by atoms with van der Waals surface area (Å²) in [4.78, 5) is 13.5. The van der Waals surface area contributed by atoms with Gasteiger partial charge in [0.05, 0.1) is 24.6 Å². The van der Waals surface area contributed by atoms with Gasteiger partial charge in [-0.3, -0.25) is 9.18 Å². The second kappa shape index (κ2) is 9.70. The lowest BCUT2D eigenvalue weighted by molar-refractivity contribution is -0.128. The quantitative estimate of drug-likeness (QED) is 0.304. The van der Waals surface area contributed by atoms with Gasteiger partial charge in [-0.05, 0) is 92.1 Å². The number of hydrazine groups is 1.